The molecule has 22 valence electrons. The molecule has 4 heavy (non-hydrogen) atoms. The zero-order valence-electron chi connectivity index (χ0n) is 1.77. The van der Waals surface area contributed by atoms with Crippen LogP contribution in [0.4, 0.5) is 0 Å². The van der Waals surface area contributed by atoms with E-state index in [2.05, 4.69) is 0 Å². The minimum atomic E-state index is 0. The van der Waals surface area contributed by atoms with Crippen LogP contribution in [0.1, 0.15) is 0 Å². The van der Waals surface area contributed by atoms with E-state index in [4.69, 9.17) is 0 Å². The van der Waals surface area contributed by atoms with E-state index >= 15 is 0 Å². The molecule has 0 aromatic rings. The Balaban J connectivity index is 0. The maximum absolute atomic E-state index is 0. The summed E-state index contributed by atoms with van der Waals surface area (Å²) in [4.78, 5) is 0. The van der Waals surface area contributed by atoms with Crippen molar-refractivity contribution < 1.29 is 59.0 Å². The predicted octanol–water partition coefficient (Wildman–Crippen LogP) is -0.238. The summed E-state index contributed by atoms with van der Waals surface area (Å²) in [6, 6.07) is 0. The third-order valence-electron chi connectivity index (χ3n) is 0. The number of hydrogen-bond donors (Lipinski definition) is 0. The van der Waals surface area contributed by atoms with Gasteiger partial charge in [0.2, 0.25) is 0 Å². The second-order valence-corrected chi connectivity index (χ2v) is 0. The Hall–Kier alpha value is 1.40. The van der Waals surface area contributed by atoms with Crippen LogP contribution >= 0.6 is 0 Å². The standard InChI is InChI=1S/Cl.La.2O/q+1;+3;2*-2. The molecule has 0 bridgehead atoms. The maximum atomic E-state index is 0. The van der Waals surface area contributed by atoms with Gasteiger partial charge in [0, 0.05) is 0 Å². The molecule has 2 radical (unpaired) electrons. The van der Waals surface area contributed by atoms with Crippen molar-refractivity contribution in [2.75, 3.05) is 0 Å². The summed E-state index contributed by atoms with van der Waals surface area (Å²) in [5.41, 5.74) is 0. The van der Waals surface area contributed by atoms with Gasteiger partial charge in [0.25, 0.3) is 0 Å². The molecule has 0 aliphatic rings. The SMILES string of the molecule is [Cl+].[La+3].[O-2].[O-2]. The molecular formula is ClLaO2. The zero-order valence-corrected chi connectivity index (χ0v) is 6.15. The van der Waals surface area contributed by atoms with Crippen LogP contribution in [0.3, 0.4) is 0 Å². The van der Waals surface area contributed by atoms with Gasteiger partial charge in [-0.1, -0.05) is 0 Å². The maximum Gasteiger partial charge on any atom is 3.00 e. The van der Waals surface area contributed by atoms with E-state index in [9.17, 15) is 0 Å². The van der Waals surface area contributed by atoms with Crippen LogP contribution in [0.2, 0.25) is 0 Å². The Morgan fingerprint density at radius 2 is 0.750 bits per heavy atom. The van der Waals surface area contributed by atoms with Gasteiger partial charge in [-0.3, -0.25) is 0 Å². The molecule has 0 aromatic heterocycles. The van der Waals surface area contributed by atoms with Gasteiger partial charge in [-0.05, 0) is 0 Å². The van der Waals surface area contributed by atoms with E-state index < -0.39 is 0 Å². The molecule has 4 heteroatoms. The molecule has 0 fully saturated rings. The topological polar surface area (TPSA) is 57.0 Å². The molecule has 0 saturated heterocycles. The van der Waals surface area contributed by atoms with Gasteiger partial charge < -0.3 is 11.0 Å². The summed E-state index contributed by atoms with van der Waals surface area (Å²) in [6.07, 6.45) is 0. The molecule has 0 rings (SSSR count). The minimum absolute atomic E-state index is 0. The first-order valence-electron chi connectivity index (χ1n) is 0. The van der Waals surface area contributed by atoms with Crippen LogP contribution in [0.5, 0.6) is 0 Å². The van der Waals surface area contributed by atoms with E-state index in [1.54, 1.807) is 0 Å². The van der Waals surface area contributed by atoms with Crippen molar-refractivity contribution in [3.63, 3.8) is 0 Å². The molecule has 0 unspecified atom stereocenters. The van der Waals surface area contributed by atoms with Gasteiger partial charge in [-0.25, -0.2) is 0 Å². The molecular weight excluding hydrogens is 206 g/mol. The molecule has 0 saturated carbocycles. The molecule has 0 N–H and O–H groups in total. The first-order valence-corrected chi connectivity index (χ1v) is 0. The largest absolute Gasteiger partial charge is 3.00 e. The molecule has 0 aromatic carbocycles. The van der Waals surface area contributed by atoms with Crippen molar-refractivity contribution in [1.82, 2.24) is 0 Å². The van der Waals surface area contributed by atoms with Gasteiger partial charge >= 0.3 is 48.0 Å². The number of rotatable bonds is 0. The number of hydrogen-bond acceptors (Lipinski definition) is 0. The Morgan fingerprint density at radius 3 is 0.750 bits per heavy atom. The van der Waals surface area contributed by atoms with Crippen molar-refractivity contribution in [3.8, 4) is 0 Å². The van der Waals surface area contributed by atoms with E-state index in [1.807, 2.05) is 0 Å². The molecule has 0 heterocycles. The van der Waals surface area contributed by atoms with Crippen LogP contribution in [0.15, 0.2) is 0 Å². The monoisotopic (exact) mass is 206 g/mol. The van der Waals surface area contributed by atoms with E-state index in [0.29, 0.717) is 0 Å². The van der Waals surface area contributed by atoms with Gasteiger partial charge in [0.1, 0.15) is 0 Å². The average Bonchev–Trinajstić information content (AvgIpc) is 0. The van der Waals surface area contributed by atoms with Crippen LogP contribution in [-0.4, -0.2) is 0 Å². The zero-order chi connectivity index (χ0) is 0. The summed E-state index contributed by atoms with van der Waals surface area (Å²) < 4.78 is 0. The quantitative estimate of drug-likeness (QED) is 0.525. The fourth-order valence-electron chi connectivity index (χ4n) is 0. The second kappa shape index (κ2) is 25.9. The molecule has 0 spiro atoms. The van der Waals surface area contributed by atoms with Crippen molar-refractivity contribution in [2.24, 2.45) is 0 Å². The van der Waals surface area contributed by atoms with E-state index in [0.717, 1.165) is 0 Å². The fourth-order valence-corrected chi connectivity index (χ4v) is 0. The molecule has 2 nitrogen and oxygen atoms in total. The second-order valence-electron chi connectivity index (χ2n) is 0. The minimum Gasteiger partial charge on any atom is -2.00 e. The van der Waals surface area contributed by atoms with Gasteiger partial charge in [0.15, 0.2) is 0 Å². The first kappa shape index (κ1) is 53.1. The third kappa shape index (κ3) is 9.98. The van der Waals surface area contributed by atoms with Gasteiger partial charge in [0.05, 0.1) is 0 Å². The summed E-state index contributed by atoms with van der Waals surface area (Å²) in [6.45, 7) is 0. The van der Waals surface area contributed by atoms with Crippen molar-refractivity contribution in [2.45, 2.75) is 0 Å². The van der Waals surface area contributed by atoms with Crippen LogP contribution < -0.4 is 0 Å². The molecule has 0 amide bonds. The normalized spacial score (nSPS) is 0. The van der Waals surface area contributed by atoms with Crippen LogP contribution in [0.25, 0.3) is 0 Å². The molecule has 0 aliphatic carbocycles. The van der Waals surface area contributed by atoms with Gasteiger partial charge in [-0.15, -0.1) is 0 Å². The predicted molar refractivity (Wildman–Crippen MR) is 1.37 cm³/mol. The number of halogens is 1. The summed E-state index contributed by atoms with van der Waals surface area (Å²) in [5.74, 6) is 0. The Labute approximate surface area is 58.6 Å². The van der Waals surface area contributed by atoms with Crippen LogP contribution in [-0.2, 0) is 11.0 Å². The summed E-state index contributed by atoms with van der Waals surface area (Å²) in [5, 5.41) is 0. The summed E-state index contributed by atoms with van der Waals surface area (Å²) >= 11 is 0. The fraction of sp³-hybridized carbons (Fsp3) is 0. The van der Waals surface area contributed by atoms with Crippen molar-refractivity contribution >= 4 is 0 Å². The average molecular weight is 206 g/mol. The van der Waals surface area contributed by atoms with E-state index in [-0.39, 0.29) is 59.0 Å². The first-order chi connectivity index (χ1) is 0. The van der Waals surface area contributed by atoms with Crippen molar-refractivity contribution in [3.05, 3.63) is 0 Å². The Kier molecular flexibility index (Phi) is 344. The Morgan fingerprint density at radius 1 is 0.750 bits per heavy atom. The Bertz CT molecular complexity index is 6.00. The molecule has 0 aliphatic heterocycles. The smallest absolute Gasteiger partial charge is 2.00 e. The van der Waals surface area contributed by atoms with Gasteiger partial charge in [-0.2, -0.15) is 0 Å². The van der Waals surface area contributed by atoms with Crippen molar-refractivity contribution in [1.29, 1.82) is 0 Å². The molecule has 0 atom stereocenters. The van der Waals surface area contributed by atoms with E-state index in [1.165, 1.54) is 0 Å². The third-order valence-corrected chi connectivity index (χ3v) is 0. The summed E-state index contributed by atoms with van der Waals surface area (Å²) in [7, 11) is 0. The van der Waals surface area contributed by atoms with Crippen LogP contribution in [0, 0.1) is 48.0 Å².